The number of aromatic nitrogens is 1. The molecule has 0 fully saturated rings. The van der Waals surface area contributed by atoms with Crippen LogP contribution in [0, 0.1) is 6.92 Å². The maximum atomic E-state index is 5.88. The van der Waals surface area contributed by atoms with E-state index in [1.165, 1.54) is 16.5 Å². The summed E-state index contributed by atoms with van der Waals surface area (Å²) < 4.78 is 8.11. The standard InChI is InChI=1S/C18H20N2O/c1-14-5-4-7-17-16(14)9-10-20(17)11-12-21-18-8-3-2-6-15(18)13-19/h2-10H,11-13,19H2,1H3. The minimum Gasteiger partial charge on any atom is -0.491 e. The Morgan fingerprint density at radius 2 is 1.90 bits per heavy atom. The summed E-state index contributed by atoms with van der Waals surface area (Å²) in [6.07, 6.45) is 2.12. The van der Waals surface area contributed by atoms with Crippen LogP contribution in [0.2, 0.25) is 0 Å². The summed E-state index contributed by atoms with van der Waals surface area (Å²) in [6.45, 7) is 4.10. The lowest BCUT2D eigenvalue weighted by atomic mass is 10.1. The van der Waals surface area contributed by atoms with Crippen molar-refractivity contribution >= 4 is 10.9 Å². The Balaban J connectivity index is 1.71. The molecule has 0 unspecified atom stereocenters. The third-order valence-corrected chi connectivity index (χ3v) is 3.81. The number of para-hydroxylation sites is 1. The van der Waals surface area contributed by atoms with E-state index in [9.17, 15) is 0 Å². The zero-order valence-corrected chi connectivity index (χ0v) is 12.3. The van der Waals surface area contributed by atoms with E-state index in [1.54, 1.807) is 0 Å². The average molecular weight is 280 g/mol. The van der Waals surface area contributed by atoms with E-state index < -0.39 is 0 Å². The molecule has 0 amide bonds. The van der Waals surface area contributed by atoms with E-state index in [0.29, 0.717) is 13.2 Å². The molecule has 3 aromatic rings. The van der Waals surface area contributed by atoms with Gasteiger partial charge >= 0.3 is 0 Å². The van der Waals surface area contributed by atoms with Crippen LogP contribution in [0.4, 0.5) is 0 Å². The van der Waals surface area contributed by atoms with Gasteiger partial charge in [-0.05, 0) is 30.7 Å². The Bertz CT molecular complexity index is 746. The molecule has 21 heavy (non-hydrogen) atoms. The van der Waals surface area contributed by atoms with Gasteiger partial charge in [0.25, 0.3) is 0 Å². The number of rotatable bonds is 5. The van der Waals surface area contributed by atoms with Crippen LogP contribution in [0.5, 0.6) is 5.75 Å². The number of aryl methyl sites for hydroxylation is 1. The molecule has 0 aliphatic rings. The van der Waals surface area contributed by atoms with Crippen molar-refractivity contribution < 1.29 is 4.74 Å². The van der Waals surface area contributed by atoms with Gasteiger partial charge in [0.1, 0.15) is 12.4 Å². The van der Waals surface area contributed by atoms with Crippen molar-refractivity contribution in [1.82, 2.24) is 4.57 Å². The highest BCUT2D eigenvalue weighted by Crippen LogP contribution is 2.20. The molecule has 108 valence electrons. The Morgan fingerprint density at radius 1 is 1.05 bits per heavy atom. The zero-order valence-electron chi connectivity index (χ0n) is 12.3. The van der Waals surface area contributed by atoms with Crippen molar-refractivity contribution in [2.45, 2.75) is 20.0 Å². The number of fused-ring (bicyclic) bond motifs is 1. The Hall–Kier alpha value is -2.26. The summed E-state index contributed by atoms with van der Waals surface area (Å²) in [5.41, 5.74) is 9.33. The average Bonchev–Trinajstić information content (AvgIpc) is 2.93. The minimum absolute atomic E-state index is 0.502. The summed E-state index contributed by atoms with van der Waals surface area (Å²) in [7, 11) is 0. The quantitative estimate of drug-likeness (QED) is 0.777. The molecule has 0 radical (unpaired) electrons. The molecule has 0 saturated heterocycles. The fourth-order valence-corrected chi connectivity index (χ4v) is 2.64. The predicted octanol–water partition coefficient (Wildman–Crippen LogP) is 3.49. The Labute approximate surface area is 125 Å². The molecule has 0 atom stereocenters. The van der Waals surface area contributed by atoms with E-state index in [0.717, 1.165) is 17.9 Å². The molecule has 1 aromatic heterocycles. The van der Waals surface area contributed by atoms with E-state index >= 15 is 0 Å². The van der Waals surface area contributed by atoms with Gasteiger partial charge in [0.05, 0.1) is 6.54 Å². The van der Waals surface area contributed by atoms with Gasteiger partial charge in [-0.3, -0.25) is 0 Å². The summed E-state index contributed by atoms with van der Waals surface area (Å²) >= 11 is 0. The molecule has 1 heterocycles. The van der Waals surface area contributed by atoms with Gasteiger partial charge in [-0.25, -0.2) is 0 Å². The third-order valence-electron chi connectivity index (χ3n) is 3.81. The minimum atomic E-state index is 0.502. The molecule has 0 saturated carbocycles. The van der Waals surface area contributed by atoms with Crippen molar-refractivity contribution in [1.29, 1.82) is 0 Å². The number of hydrogen-bond acceptors (Lipinski definition) is 2. The van der Waals surface area contributed by atoms with Crippen LogP contribution in [-0.4, -0.2) is 11.2 Å². The van der Waals surface area contributed by atoms with Gasteiger partial charge in [-0.1, -0.05) is 30.3 Å². The highest BCUT2D eigenvalue weighted by molar-refractivity contribution is 5.83. The van der Waals surface area contributed by atoms with Gasteiger partial charge in [0.15, 0.2) is 0 Å². The number of nitrogens with two attached hydrogens (primary N) is 1. The van der Waals surface area contributed by atoms with Crippen molar-refractivity contribution in [3.63, 3.8) is 0 Å². The van der Waals surface area contributed by atoms with E-state index in [1.807, 2.05) is 24.3 Å². The van der Waals surface area contributed by atoms with Gasteiger partial charge in [-0.2, -0.15) is 0 Å². The van der Waals surface area contributed by atoms with E-state index in [4.69, 9.17) is 10.5 Å². The second-order valence-electron chi connectivity index (χ2n) is 5.18. The summed E-state index contributed by atoms with van der Waals surface area (Å²) in [6, 6.07) is 16.5. The van der Waals surface area contributed by atoms with Gasteiger partial charge in [0, 0.05) is 29.2 Å². The first-order chi connectivity index (χ1) is 10.3. The van der Waals surface area contributed by atoms with Crippen LogP contribution in [0.25, 0.3) is 10.9 Å². The first-order valence-corrected chi connectivity index (χ1v) is 7.25. The Kier molecular flexibility index (Phi) is 3.93. The lowest BCUT2D eigenvalue weighted by Crippen LogP contribution is -2.09. The second-order valence-corrected chi connectivity index (χ2v) is 5.18. The molecule has 3 heteroatoms. The van der Waals surface area contributed by atoms with Crippen LogP contribution in [0.3, 0.4) is 0 Å². The van der Waals surface area contributed by atoms with Crippen molar-refractivity contribution in [3.8, 4) is 5.75 Å². The molecule has 0 spiro atoms. The van der Waals surface area contributed by atoms with Crippen molar-refractivity contribution in [3.05, 3.63) is 65.9 Å². The lowest BCUT2D eigenvalue weighted by Gasteiger charge is -2.11. The molecular formula is C18H20N2O. The first-order valence-electron chi connectivity index (χ1n) is 7.25. The van der Waals surface area contributed by atoms with Crippen LogP contribution in [-0.2, 0) is 13.1 Å². The molecular weight excluding hydrogens is 260 g/mol. The third kappa shape index (κ3) is 2.78. The summed E-state index contributed by atoms with van der Waals surface area (Å²) in [4.78, 5) is 0. The van der Waals surface area contributed by atoms with Gasteiger partial charge in [0.2, 0.25) is 0 Å². The predicted molar refractivity (Wildman–Crippen MR) is 86.5 cm³/mol. The summed E-state index contributed by atoms with van der Waals surface area (Å²) in [5, 5.41) is 1.31. The number of hydrogen-bond donors (Lipinski definition) is 1. The van der Waals surface area contributed by atoms with Crippen LogP contribution >= 0.6 is 0 Å². The van der Waals surface area contributed by atoms with E-state index in [-0.39, 0.29) is 0 Å². The molecule has 0 aliphatic heterocycles. The normalized spacial score (nSPS) is 11.0. The van der Waals surface area contributed by atoms with Crippen LogP contribution < -0.4 is 10.5 Å². The highest BCUT2D eigenvalue weighted by atomic mass is 16.5. The number of benzene rings is 2. The maximum absolute atomic E-state index is 5.88. The van der Waals surface area contributed by atoms with Gasteiger partial charge in [-0.15, -0.1) is 0 Å². The molecule has 3 nitrogen and oxygen atoms in total. The summed E-state index contributed by atoms with van der Waals surface area (Å²) in [5.74, 6) is 0.882. The van der Waals surface area contributed by atoms with Gasteiger partial charge < -0.3 is 15.0 Å². The molecule has 2 N–H and O–H groups in total. The van der Waals surface area contributed by atoms with Crippen LogP contribution in [0.15, 0.2) is 54.7 Å². The smallest absolute Gasteiger partial charge is 0.123 e. The Morgan fingerprint density at radius 3 is 2.76 bits per heavy atom. The first kappa shape index (κ1) is 13.7. The molecule has 3 rings (SSSR count). The van der Waals surface area contributed by atoms with Crippen molar-refractivity contribution in [2.24, 2.45) is 5.73 Å². The van der Waals surface area contributed by atoms with Crippen molar-refractivity contribution in [2.75, 3.05) is 6.61 Å². The monoisotopic (exact) mass is 280 g/mol. The molecule has 2 aromatic carbocycles. The molecule has 0 bridgehead atoms. The fourth-order valence-electron chi connectivity index (χ4n) is 2.64. The zero-order chi connectivity index (χ0) is 14.7. The lowest BCUT2D eigenvalue weighted by molar-refractivity contribution is 0.297. The van der Waals surface area contributed by atoms with E-state index in [2.05, 4.69) is 42.0 Å². The number of nitrogens with zero attached hydrogens (tertiary/aromatic N) is 1. The van der Waals surface area contributed by atoms with Crippen LogP contribution in [0.1, 0.15) is 11.1 Å². The maximum Gasteiger partial charge on any atom is 0.123 e. The number of ether oxygens (including phenoxy) is 1. The largest absolute Gasteiger partial charge is 0.491 e. The topological polar surface area (TPSA) is 40.2 Å². The SMILES string of the molecule is Cc1cccc2c1ccn2CCOc1ccccc1CN. The fraction of sp³-hybridized carbons (Fsp3) is 0.222. The molecule has 0 aliphatic carbocycles. The highest BCUT2D eigenvalue weighted by Gasteiger charge is 2.04. The second kappa shape index (κ2) is 6.02.